The predicted molar refractivity (Wildman–Crippen MR) is 77.8 cm³/mol. The van der Waals surface area contributed by atoms with Crippen molar-refractivity contribution in [2.45, 2.75) is 25.6 Å². The molecule has 2 rings (SSSR count). The van der Waals surface area contributed by atoms with Gasteiger partial charge in [-0.25, -0.2) is 8.78 Å². The zero-order valence-corrected chi connectivity index (χ0v) is 12.7. The molecule has 0 aromatic heterocycles. The quantitative estimate of drug-likeness (QED) is 0.651. The average molecular weight is 325 g/mol. The standard InChI is InChI=1S/C16H15BrF2/c1-9-5-4-6-12(11(9)3)16(17)13-8-14(18)10(2)7-15(13)19/h4-8,16H,1-3H3. The number of benzene rings is 2. The van der Waals surface area contributed by atoms with Crippen LogP contribution in [0, 0.1) is 32.4 Å². The van der Waals surface area contributed by atoms with Crippen molar-refractivity contribution in [1.82, 2.24) is 0 Å². The maximum atomic E-state index is 14.0. The van der Waals surface area contributed by atoms with Crippen LogP contribution in [0.2, 0.25) is 0 Å². The van der Waals surface area contributed by atoms with Gasteiger partial charge in [0.05, 0.1) is 4.83 Å². The molecule has 0 N–H and O–H groups in total. The summed E-state index contributed by atoms with van der Waals surface area (Å²) in [5, 5.41) is 0. The Hall–Kier alpha value is -1.22. The van der Waals surface area contributed by atoms with Crippen LogP contribution in [0.5, 0.6) is 0 Å². The summed E-state index contributed by atoms with van der Waals surface area (Å²) < 4.78 is 27.6. The Labute approximate surface area is 120 Å². The van der Waals surface area contributed by atoms with Crippen LogP contribution in [0.25, 0.3) is 0 Å². The van der Waals surface area contributed by atoms with Crippen molar-refractivity contribution >= 4 is 15.9 Å². The molecule has 0 nitrogen and oxygen atoms in total. The Balaban J connectivity index is 2.53. The van der Waals surface area contributed by atoms with E-state index in [2.05, 4.69) is 15.9 Å². The van der Waals surface area contributed by atoms with Gasteiger partial charge < -0.3 is 0 Å². The van der Waals surface area contributed by atoms with E-state index in [4.69, 9.17) is 0 Å². The van der Waals surface area contributed by atoms with Crippen LogP contribution >= 0.6 is 15.9 Å². The first-order chi connectivity index (χ1) is 8.91. The molecule has 19 heavy (non-hydrogen) atoms. The summed E-state index contributed by atoms with van der Waals surface area (Å²) in [6, 6.07) is 8.37. The lowest BCUT2D eigenvalue weighted by Crippen LogP contribution is -2.02. The van der Waals surface area contributed by atoms with Crippen LogP contribution < -0.4 is 0 Å². The molecule has 3 heteroatoms. The highest BCUT2D eigenvalue weighted by molar-refractivity contribution is 9.09. The zero-order chi connectivity index (χ0) is 14.2. The highest BCUT2D eigenvalue weighted by atomic mass is 79.9. The summed E-state index contributed by atoms with van der Waals surface area (Å²) in [5.41, 5.74) is 3.83. The fourth-order valence-electron chi connectivity index (χ4n) is 2.07. The second-order valence-electron chi connectivity index (χ2n) is 4.77. The van der Waals surface area contributed by atoms with E-state index in [0.717, 1.165) is 16.7 Å². The molecule has 0 aliphatic carbocycles. The normalized spacial score (nSPS) is 12.5. The van der Waals surface area contributed by atoms with Gasteiger partial charge in [-0.1, -0.05) is 34.1 Å². The minimum absolute atomic E-state index is 0.321. The van der Waals surface area contributed by atoms with E-state index in [0.29, 0.717) is 11.1 Å². The van der Waals surface area contributed by atoms with Gasteiger partial charge in [0.15, 0.2) is 0 Å². The molecule has 0 aliphatic rings. The molecule has 2 aromatic carbocycles. The summed E-state index contributed by atoms with van der Waals surface area (Å²) >= 11 is 3.48. The molecule has 0 spiro atoms. The number of aryl methyl sites for hydroxylation is 2. The lowest BCUT2D eigenvalue weighted by atomic mass is 9.96. The summed E-state index contributed by atoms with van der Waals surface area (Å²) in [6.07, 6.45) is 0. The van der Waals surface area contributed by atoms with Crippen molar-refractivity contribution in [3.63, 3.8) is 0 Å². The van der Waals surface area contributed by atoms with E-state index in [1.165, 1.54) is 12.1 Å². The largest absolute Gasteiger partial charge is 0.207 e. The van der Waals surface area contributed by atoms with Crippen molar-refractivity contribution in [2.75, 3.05) is 0 Å². The summed E-state index contributed by atoms with van der Waals surface area (Å²) in [6.45, 7) is 5.55. The Morgan fingerprint density at radius 3 is 2.26 bits per heavy atom. The second kappa shape index (κ2) is 5.41. The highest BCUT2D eigenvalue weighted by Crippen LogP contribution is 2.35. The molecule has 0 heterocycles. The fourth-order valence-corrected chi connectivity index (χ4v) is 2.92. The molecule has 0 saturated carbocycles. The maximum Gasteiger partial charge on any atom is 0.128 e. The number of halogens is 3. The van der Waals surface area contributed by atoms with Crippen molar-refractivity contribution in [1.29, 1.82) is 0 Å². The van der Waals surface area contributed by atoms with E-state index in [-0.39, 0.29) is 16.5 Å². The maximum absolute atomic E-state index is 14.0. The Morgan fingerprint density at radius 1 is 0.895 bits per heavy atom. The SMILES string of the molecule is Cc1cc(F)c(C(Br)c2cccc(C)c2C)cc1F. The first-order valence-electron chi connectivity index (χ1n) is 6.07. The monoisotopic (exact) mass is 324 g/mol. The molecule has 0 bridgehead atoms. The lowest BCUT2D eigenvalue weighted by molar-refractivity contribution is 0.581. The Kier molecular flexibility index (Phi) is 4.04. The first-order valence-corrected chi connectivity index (χ1v) is 6.99. The Morgan fingerprint density at radius 2 is 1.58 bits per heavy atom. The van der Waals surface area contributed by atoms with Crippen LogP contribution in [0.4, 0.5) is 8.78 Å². The van der Waals surface area contributed by atoms with E-state index >= 15 is 0 Å². The van der Waals surface area contributed by atoms with Gasteiger partial charge in [-0.15, -0.1) is 0 Å². The van der Waals surface area contributed by atoms with Crippen LogP contribution in [0.1, 0.15) is 32.6 Å². The third-order valence-electron chi connectivity index (χ3n) is 3.47. The minimum atomic E-state index is -0.387. The van der Waals surface area contributed by atoms with Crippen molar-refractivity contribution < 1.29 is 8.78 Å². The van der Waals surface area contributed by atoms with E-state index in [9.17, 15) is 8.78 Å². The third-order valence-corrected chi connectivity index (χ3v) is 4.46. The third kappa shape index (κ3) is 2.71. The van der Waals surface area contributed by atoms with Gasteiger partial charge >= 0.3 is 0 Å². The minimum Gasteiger partial charge on any atom is -0.207 e. The molecule has 0 saturated heterocycles. The summed E-state index contributed by atoms with van der Waals surface area (Å²) in [7, 11) is 0. The summed E-state index contributed by atoms with van der Waals surface area (Å²) in [5.74, 6) is -0.771. The topological polar surface area (TPSA) is 0 Å². The van der Waals surface area contributed by atoms with E-state index < -0.39 is 0 Å². The van der Waals surface area contributed by atoms with Crippen molar-refractivity contribution in [3.05, 3.63) is 69.8 Å². The van der Waals surface area contributed by atoms with Crippen molar-refractivity contribution in [3.8, 4) is 0 Å². The smallest absolute Gasteiger partial charge is 0.128 e. The molecule has 0 aliphatic heterocycles. The van der Waals surface area contributed by atoms with Crippen LogP contribution in [-0.4, -0.2) is 0 Å². The van der Waals surface area contributed by atoms with Crippen molar-refractivity contribution in [2.24, 2.45) is 0 Å². The number of hydrogen-bond donors (Lipinski definition) is 0. The van der Waals surface area contributed by atoms with Gasteiger partial charge in [0.25, 0.3) is 0 Å². The van der Waals surface area contributed by atoms with E-state index in [1.807, 2.05) is 32.0 Å². The number of alkyl halides is 1. The zero-order valence-electron chi connectivity index (χ0n) is 11.1. The molecule has 100 valence electrons. The highest BCUT2D eigenvalue weighted by Gasteiger charge is 2.19. The van der Waals surface area contributed by atoms with Gasteiger partial charge in [-0.05, 0) is 55.2 Å². The number of rotatable bonds is 2. The molecule has 0 radical (unpaired) electrons. The van der Waals surface area contributed by atoms with Gasteiger partial charge in [-0.3, -0.25) is 0 Å². The van der Waals surface area contributed by atoms with Gasteiger partial charge in [0.2, 0.25) is 0 Å². The second-order valence-corrected chi connectivity index (χ2v) is 5.69. The molecule has 0 amide bonds. The first kappa shape index (κ1) is 14.2. The molecular formula is C16H15BrF2. The molecule has 2 aromatic rings. The predicted octanol–water partition coefficient (Wildman–Crippen LogP) is 5.37. The molecule has 1 unspecified atom stereocenters. The number of hydrogen-bond acceptors (Lipinski definition) is 0. The van der Waals surface area contributed by atoms with Crippen LogP contribution in [0.15, 0.2) is 30.3 Å². The van der Waals surface area contributed by atoms with Crippen LogP contribution in [-0.2, 0) is 0 Å². The van der Waals surface area contributed by atoms with Crippen LogP contribution in [0.3, 0.4) is 0 Å². The molecule has 1 atom stereocenters. The Bertz CT molecular complexity index is 620. The van der Waals surface area contributed by atoms with Gasteiger partial charge in [0, 0.05) is 5.56 Å². The van der Waals surface area contributed by atoms with E-state index in [1.54, 1.807) is 6.92 Å². The molecule has 0 fully saturated rings. The van der Waals surface area contributed by atoms with Gasteiger partial charge in [-0.2, -0.15) is 0 Å². The van der Waals surface area contributed by atoms with Gasteiger partial charge in [0.1, 0.15) is 11.6 Å². The molecular weight excluding hydrogens is 310 g/mol. The summed E-state index contributed by atoms with van der Waals surface area (Å²) in [4.78, 5) is -0.345. The lowest BCUT2D eigenvalue weighted by Gasteiger charge is -2.16. The average Bonchev–Trinajstić information content (AvgIpc) is 2.36. The fraction of sp³-hybridized carbons (Fsp3) is 0.250.